The molecule has 0 saturated carbocycles. The lowest BCUT2D eigenvalue weighted by Gasteiger charge is -2.09. The zero-order chi connectivity index (χ0) is 37.5. The van der Waals surface area contributed by atoms with Gasteiger partial charge in [0.15, 0.2) is 17.5 Å². The van der Waals surface area contributed by atoms with E-state index in [9.17, 15) is 0 Å². The van der Waals surface area contributed by atoms with E-state index in [0.717, 1.165) is 77.3 Å². The number of fused-ring (bicyclic) bond motifs is 9. The molecule has 0 fully saturated rings. The summed E-state index contributed by atoms with van der Waals surface area (Å²) in [6, 6.07) is 62.8. The SMILES string of the molecule is c1ccc(-c2ccc3c(c2)c2ccccc2n3-c2ccc3c(c2)oc2ccc(-c4nc(-c5ccccc5)nc(-c5ccc6c(c5)oc5ccccc56)n4)cc23)cc1. The first-order chi connectivity index (χ1) is 28.2. The Morgan fingerprint density at radius 2 is 0.825 bits per heavy atom. The van der Waals surface area contributed by atoms with Gasteiger partial charge in [0.05, 0.1) is 11.0 Å². The van der Waals surface area contributed by atoms with Crippen LogP contribution in [0.3, 0.4) is 0 Å². The summed E-state index contributed by atoms with van der Waals surface area (Å²) in [6.07, 6.45) is 0. The van der Waals surface area contributed by atoms with Gasteiger partial charge in [-0.1, -0.05) is 109 Å². The maximum Gasteiger partial charge on any atom is 0.164 e. The average molecular weight is 731 g/mol. The second kappa shape index (κ2) is 12.3. The number of hydrogen-bond acceptors (Lipinski definition) is 5. The van der Waals surface area contributed by atoms with E-state index in [1.165, 1.54) is 21.9 Å². The minimum absolute atomic E-state index is 0.574. The van der Waals surface area contributed by atoms with E-state index in [0.29, 0.717) is 17.5 Å². The molecule has 0 spiro atoms. The summed E-state index contributed by atoms with van der Waals surface area (Å²) in [5.74, 6) is 1.76. The van der Waals surface area contributed by atoms with Crippen molar-refractivity contribution in [3.8, 4) is 51.0 Å². The average Bonchev–Trinajstić information content (AvgIpc) is 3.95. The maximum atomic E-state index is 6.56. The number of hydrogen-bond donors (Lipinski definition) is 0. The predicted molar refractivity (Wildman–Crippen MR) is 230 cm³/mol. The van der Waals surface area contributed by atoms with Crippen LogP contribution in [0, 0.1) is 0 Å². The van der Waals surface area contributed by atoms with Gasteiger partial charge in [0.25, 0.3) is 0 Å². The molecule has 0 radical (unpaired) electrons. The van der Waals surface area contributed by atoms with Crippen LogP contribution in [0.2, 0.25) is 0 Å². The van der Waals surface area contributed by atoms with Gasteiger partial charge in [0, 0.05) is 60.8 Å². The molecule has 0 N–H and O–H groups in total. The van der Waals surface area contributed by atoms with Crippen LogP contribution in [0.1, 0.15) is 0 Å². The molecule has 0 bridgehead atoms. The molecule has 0 aliphatic heterocycles. The quantitative estimate of drug-likeness (QED) is 0.176. The summed E-state index contributed by atoms with van der Waals surface area (Å²) >= 11 is 0. The summed E-state index contributed by atoms with van der Waals surface area (Å²) in [4.78, 5) is 15.1. The van der Waals surface area contributed by atoms with Crippen molar-refractivity contribution in [1.29, 1.82) is 0 Å². The molecule has 8 aromatic carbocycles. The zero-order valence-electron chi connectivity index (χ0n) is 30.4. The fraction of sp³-hybridized carbons (Fsp3) is 0. The minimum atomic E-state index is 0.574. The van der Waals surface area contributed by atoms with Gasteiger partial charge in [0.2, 0.25) is 0 Å². The Labute approximate surface area is 325 Å². The van der Waals surface area contributed by atoms with Crippen molar-refractivity contribution in [2.75, 3.05) is 0 Å². The van der Waals surface area contributed by atoms with Gasteiger partial charge < -0.3 is 13.4 Å². The van der Waals surface area contributed by atoms with Crippen LogP contribution in [0.4, 0.5) is 0 Å². The van der Waals surface area contributed by atoms with Crippen molar-refractivity contribution >= 4 is 65.7 Å². The van der Waals surface area contributed by atoms with Gasteiger partial charge in [-0.05, 0) is 77.9 Å². The fourth-order valence-electron chi connectivity index (χ4n) is 8.32. The Morgan fingerprint density at radius 1 is 0.298 bits per heavy atom. The van der Waals surface area contributed by atoms with Crippen LogP contribution in [-0.4, -0.2) is 19.5 Å². The minimum Gasteiger partial charge on any atom is -0.456 e. The molecule has 0 unspecified atom stereocenters. The summed E-state index contributed by atoms with van der Waals surface area (Å²) in [7, 11) is 0. The Balaban J connectivity index is 0.981. The standard InChI is InChI=1S/C51H30N4O2/c1-3-11-31(12-4-1)33-20-25-44-41(27-33)37-15-7-9-17-43(37)55(44)36-22-24-40-42-28-34(21-26-46(42)57-48(40)30-36)50-52-49(32-13-5-2-6-14-32)53-51(54-50)35-19-23-39-38-16-8-10-18-45(38)56-47(39)29-35/h1-30H. The molecule has 4 heterocycles. The van der Waals surface area contributed by atoms with E-state index in [1.54, 1.807) is 0 Å². The molecule has 57 heavy (non-hydrogen) atoms. The Kier molecular flexibility index (Phi) is 6.83. The van der Waals surface area contributed by atoms with Crippen molar-refractivity contribution in [2.24, 2.45) is 0 Å². The van der Waals surface area contributed by atoms with Crippen molar-refractivity contribution in [3.05, 3.63) is 182 Å². The highest BCUT2D eigenvalue weighted by molar-refractivity contribution is 6.12. The van der Waals surface area contributed by atoms with E-state index in [2.05, 4.69) is 120 Å². The largest absolute Gasteiger partial charge is 0.456 e. The van der Waals surface area contributed by atoms with E-state index in [-0.39, 0.29) is 0 Å². The molecule has 6 nitrogen and oxygen atoms in total. The summed E-state index contributed by atoms with van der Waals surface area (Å²) < 4.78 is 15.1. The van der Waals surface area contributed by atoms with Crippen molar-refractivity contribution in [3.63, 3.8) is 0 Å². The van der Waals surface area contributed by atoms with Gasteiger partial charge >= 0.3 is 0 Å². The van der Waals surface area contributed by atoms with Crippen molar-refractivity contribution < 1.29 is 8.83 Å². The maximum absolute atomic E-state index is 6.56. The molecule has 0 atom stereocenters. The first-order valence-corrected chi connectivity index (χ1v) is 19.0. The van der Waals surface area contributed by atoms with Gasteiger partial charge in [-0.3, -0.25) is 0 Å². The van der Waals surface area contributed by atoms with Gasteiger partial charge in [-0.15, -0.1) is 0 Å². The third kappa shape index (κ3) is 5.08. The normalized spacial score (nSPS) is 11.9. The Morgan fingerprint density at radius 3 is 1.63 bits per heavy atom. The smallest absolute Gasteiger partial charge is 0.164 e. The molecule has 0 saturated heterocycles. The summed E-state index contributed by atoms with van der Waals surface area (Å²) in [5.41, 5.74) is 11.6. The lowest BCUT2D eigenvalue weighted by Crippen LogP contribution is -2.00. The van der Waals surface area contributed by atoms with E-state index in [1.807, 2.05) is 66.7 Å². The molecule has 6 heteroatoms. The monoisotopic (exact) mass is 730 g/mol. The molecular formula is C51H30N4O2. The molecule has 0 aliphatic rings. The summed E-state index contributed by atoms with van der Waals surface area (Å²) in [5, 5.41) is 6.59. The highest BCUT2D eigenvalue weighted by Gasteiger charge is 2.18. The van der Waals surface area contributed by atoms with E-state index >= 15 is 0 Å². The van der Waals surface area contributed by atoms with Crippen LogP contribution < -0.4 is 0 Å². The molecule has 0 aliphatic carbocycles. The third-order valence-corrected chi connectivity index (χ3v) is 11.1. The molecule has 12 aromatic rings. The fourth-order valence-corrected chi connectivity index (χ4v) is 8.32. The van der Waals surface area contributed by atoms with Crippen LogP contribution in [0.25, 0.3) is 117 Å². The first kappa shape index (κ1) is 31.5. The number of benzene rings is 8. The van der Waals surface area contributed by atoms with E-state index in [4.69, 9.17) is 23.8 Å². The van der Waals surface area contributed by atoms with Gasteiger partial charge in [0.1, 0.15) is 22.3 Å². The number of aromatic nitrogens is 4. The second-order valence-electron chi connectivity index (χ2n) is 14.4. The number of nitrogens with zero attached hydrogens (tertiary/aromatic N) is 4. The first-order valence-electron chi connectivity index (χ1n) is 19.0. The molecular weight excluding hydrogens is 701 g/mol. The van der Waals surface area contributed by atoms with E-state index < -0.39 is 0 Å². The van der Waals surface area contributed by atoms with Crippen molar-refractivity contribution in [2.45, 2.75) is 0 Å². The molecule has 12 rings (SSSR count). The number of furan rings is 2. The van der Waals surface area contributed by atoms with Crippen molar-refractivity contribution in [1.82, 2.24) is 19.5 Å². The lowest BCUT2D eigenvalue weighted by atomic mass is 10.0. The molecule has 0 amide bonds. The van der Waals surface area contributed by atoms with Gasteiger partial charge in [-0.2, -0.15) is 0 Å². The topological polar surface area (TPSA) is 69.9 Å². The lowest BCUT2D eigenvalue weighted by molar-refractivity contribution is 0.668. The Hall–Kier alpha value is -7.83. The molecule has 4 aromatic heterocycles. The van der Waals surface area contributed by atoms with Crippen LogP contribution >= 0.6 is 0 Å². The molecule has 266 valence electrons. The second-order valence-corrected chi connectivity index (χ2v) is 14.4. The summed E-state index contributed by atoms with van der Waals surface area (Å²) in [6.45, 7) is 0. The highest BCUT2D eigenvalue weighted by atomic mass is 16.3. The third-order valence-electron chi connectivity index (χ3n) is 11.1. The van der Waals surface area contributed by atoms with Crippen LogP contribution in [0.5, 0.6) is 0 Å². The van der Waals surface area contributed by atoms with Crippen LogP contribution in [0.15, 0.2) is 191 Å². The Bertz CT molecular complexity index is 3530. The predicted octanol–water partition coefficient (Wildman–Crippen LogP) is 13.4. The number of para-hydroxylation sites is 2. The van der Waals surface area contributed by atoms with Gasteiger partial charge in [-0.25, -0.2) is 15.0 Å². The highest BCUT2D eigenvalue weighted by Crippen LogP contribution is 2.39. The number of rotatable bonds is 5. The van der Waals surface area contributed by atoms with Crippen LogP contribution in [-0.2, 0) is 0 Å². The zero-order valence-corrected chi connectivity index (χ0v) is 30.4.